The predicted octanol–water partition coefficient (Wildman–Crippen LogP) is 3.02. The van der Waals surface area contributed by atoms with Crippen molar-refractivity contribution in [2.24, 2.45) is 0 Å². The van der Waals surface area contributed by atoms with Crippen LogP contribution in [-0.2, 0) is 11.3 Å². The minimum absolute atomic E-state index is 0.587. The van der Waals surface area contributed by atoms with Crippen LogP contribution in [-0.4, -0.2) is 16.6 Å². The summed E-state index contributed by atoms with van der Waals surface area (Å²) < 4.78 is 1.18. The number of nitrogens with one attached hydrogen (secondary N) is 1. The van der Waals surface area contributed by atoms with E-state index in [0.29, 0.717) is 19.4 Å². The molecule has 0 saturated carbocycles. The number of carbonyl (C=O) groups is 1. The Morgan fingerprint density at radius 2 is 1.82 bits per heavy atom. The second-order valence-corrected chi connectivity index (χ2v) is 5.32. The molecule has 1 rings (SSSR count). The van der Waals surface area contributed by atoms with Crippen LogP contribution in [0.2, 0.25) is 0 Å². The van der Waals surface area contributed by atoms with Crippen molar-refractivity contribution in [3.05, 3.63) is 33.4 Å². The molecule has 3 nitrogen and oxygen atoms in total. The third-order valence-electron chi connectivity index (χ3n) is 3.16. The summed E-state index contributed by atoms with van der Waals surface area (Å²) in [6.45, 7) is 4.39. The van der Waals surface area contributed by atoms with E-state index in [4.69, 9.17) is 0 Å². The molecule has 0 aliphatic rings. The minimum Gasteiger partial charge on any atom is -0.480 e. The van der Waals surface area contributed by atoms with E-state index in [9.17, 15) is 9.90 Å². The zero-order valence-electron chi connectivity index (χ0n) is 10.2. The van der Waals surface area contributed by atoms with Gasteiger partial charge in [-0.2, -0.15) is 0 Å². The maximum absolute atomic E-state index is 11.3. The molecule has 2 N–H and O–H groups in total. The van der Waals surface area contributed by atoms with Gasteiger partial charge in [-0.15, -0.1) is 0 Å². The van der Waals surface area contributed by atoms with Crippen molar-refractivity contribution in [2.75, 3.05) is 0 Å². The van der Waals surface area contributed by atoms with Crippen LogP contribution in [0.4, 0.5) is 0 Å². The lowest BCUT2D eigenvalue weighted by molar-refractivity contribution is -0.145. The van der Waals surface area contributed by atoms with Gasteiger partial charge in [0.1, 0.15) is 5.54 Å². The van der Waals surface area contributed by atoms with Crippen LogP contribution in [0.1, 0.15) is 32.3 Å². The van der Waals surface area contributed by atoms with Crippen molar-refractivity contribution in [3.63, 3.8) is 0 Å². The van der Waals surface area contributed by atoms with Crippen molar-refractivity contribution in [2.45, 2.75) is 38.8 Å². The van der Waals surface area contributed by atoms with E-state index in [1.54, 1.807) is 0 Å². The highest BCUT2D eigenvalue weighted by molar-refractivity contribution is 14.1. The van der Waals surface area contributed by atoms with Gasteiger partial charge in [0, 0.05) is 10.1 Å². The highest BCUT2D eigenvalue weighted by atomic mass is 127. The number of carboxylic acid groups (broad SMARTS) is 1. The molecular formula is C13H18INO2. The molecule has 0 aliphatic carbocycles. The van der Waals surface area contributed by atoms with Gasteiger partial charge in [0.05, 0.1) is 0 Å². The van der Waals surface area contributed by atoms with Crippen molar-refractivity contribution >= 4 is 28.6 Å². The van der Waals surface area contributed by atoms with Crippen LogP contribution in [0.25, 0.3) is 0 Å². The number of carboxylic acids is 1. The molecule has 0 fully saturated rings. The molecule has 0 radical (unpaired) electrons. The first-order valence-electron chi connectivity index (χ1n) is 5.77. The van der Waals surface area contributed by atoms with E-state index >= 15 is 0 Å². The first-order valence-corrected chi connectivity index (χ1v) is 6.85. The second-order valence-electron chi connectivity index (χ2n) is 4.07. The normalized spacial score (nSPS) is 11.5. The van der Waals surface area contributed by atoms with E-state index < -0.39 is 11.5 Å². The van der Waals surface area contributed by atoms with Crippen molar-refractivity contribution in [1.82, 2.24) is 5.32 Å². The van der Waals surface area contributed by atoms with Crippen LogP contribution in [0.15, 0.2) is 24.3 Å². The predicted molar refractivity (Wildman–Crippen MR) is 76.9 cm³/mol. The average molecular weight is 347 g/mol. The smallest absolute Gasteiger partial charge is 0.323 e. The quantitative estimate of drug-likeness (QED) is 0.778. The van der Waals surface area contributed by atoms with Gasteiger partial charge in [-0.25, -0.2) is 0 Å². The SMILES string of the molecule is CCC(CC)(NCc1ccc(I)cc1)C(=O)O. The molecule has 0 atom stereocenters. The lowest BCUT2D eigenvalue weighted by atomic mass is 9.92. The lowest BCUT2D eigenvalue weighted by Crippen LogP contribution is -2.50. The molecule has 0 heterocycles. The van der Waals surface area contributed by atoms with Gasteiger partial charge in [-0.05, 0) is 53.1 Å². The number of benzene rings is 1. The van der Waals surface area contributed by atoms with Crippen LogP contribution < -0.4 is 5.32 Å². The molecule has 0 spiro atoms. The van der Waals surface area contributed by atoms with Gasteiger partial charge in [-0.3, -0.25) is 10.1 Å². The van der Waals surface area contributed by atoms with Crippen LogP contribution >= 0.6 is 22.6 Å². The molecule has 0 bridgehead atoms. The highest BCUT2D eigenvalue weighted by Gasteiger charge is 2.33. The van der Waals surface area contributed by atoms with E-state index in [0.717, 1.165) is 5.56 Å². The van der Waals surface area contributed by atoms with E-state index in [1.165, 1.54) is 3.57 Å². The lowest BCUT2D eigenvalue weighted by Gasteiger charge is -2.28. The Morgan fingerprint density at radius 3 is 2.24 bits per heavy atom. The Hall–Kier alpha value is -0.620. The average Bonchev–Trinajstić information content (AvgIpc) is 2.33. The van der Waals surface area contributed by atoms with Gasteiger partial charge in [0.25, 0.3) is 0 Å². The Bertz CT molecular complexity index is 372. The molecule has 94 valence electrons. The third-order valence-corrected chi connectivity index (χ3v) is 3.88. The van der Waals surface area contributed by atoms with Crippen LogP contribution in [0.3, 0.4) is 0 Å². The molecule has 0 amide bonds. The Labute approximate surface area is 116 Å². The molecule has 0 unspecified atom stereocenters. The van der Waals surface area contributed by atoms with Gasteiger partial charge in [0.15, 0.2) is 0 Å². The summed E-state index contributed by atoms with van der Waals surface area (Å²) in [5.74, 6) is -0.770. The standard InChI is InChI=1S/C13H18INO2/c1-3-13(4-2,12(16)17)15-9-10-5-7-11(14)8-6-10/h5-8,15H,3-4,9H2,1-2H3,(H,16,17). The first kappa shape index (κ1) is 14.4. The number of halogens is 1. The largest absolute Gasteiger partial charge is 0.480 e. The van der Waals surface area contributed by atoms with E-state index in [-0.39, 0.29) is 0 Å². The summed E-state index contributed by atoms with van der Waals surface area (Å²) in [6.07, 6.45) is 1.17. The number of hydrogen-bond acceptors (Lipinski definition) is 2. The van der Waals surface area contributed by atoms with Gasteiger partial charge in [-0.1, -0.05) is 26.0 Å². The topological polar surface area (TPSA) is 49.3 Å². The zero-order chi connectivity index (χ0) is 12.9. The summed E-state index contributed by atoms with van der Waals surface area (Å²) in [7, 11) is 0. The third kappa shape index (κ3) is 3.67. The monoisotopic (exact) mass is 347 g/mol. The van der Waals surface area contributed by atoms with Gasteiger partial charge in [0.2, 0.25) is 0 Å². The maximum Gasteiger partial charge on any atom is 0.323 e. The summed E-state index contributed by atoms with van der Waals surface area (Å²) in [4.78, 5) is 11.3. The van der Waals surface area contributed by atoms with E-state index in [2.05, 4.69) is 27.9 Å². The highest BCUT2D eigenvalue weighted by Crippen LogP contribution is 2.16. The number of rotatable bonds is 6. The van der Waals surface area contributed by atoms with Crippen molar-refractivity contribution in [1.29, 1.82) is 0 Å². The number of hydrogen-bond donors (Lipinski definition) is 2. The summed E-state index contributed by atoms with van der Waals surface area (Å²) in [6, 6.07) is 8.09. The van der Waals surface area contributed by atoms with Crippen LogP contribution in [0.5, 0.6) is 0 Å². The molecule has 0 aromatic heterocycles. The fourth-order valence-corrected chi connectivity index (χ4v) is 2.11. The minimum atomic E-state index is -0.803. The zero-order valence-corrected chi connectivity index (χ0v) is 12.3. The van der Waals surface area contributed by atoms with Crippen molar-refractivity contribution in [3.8, 4) is 0 Å². The van der Waals surface area contributed by atoms with Gasteiger partial charge >= 0.3 is 5.97 Å². The summed E-state index contributed by atoms with van der Waals surface area (Å²) in [5, 5.41) is 12.4. The Kier molecular flexibility index (Phi) is 5.39. The molecule has 4 heteroatoms. The summed E-state index contributed by atoms with van der Waals surface area (Å²) in [5.41, 5.74) is 0.307. The molecule has 0 aliphatic heterocycles. The van der Waals surface area contributed by atoms with E-state index in [1.807, 2.05) is 38.1 Å². The molecule has 1 aromatic carbocycles. The molecule has 1 aromatic rings. The van der Waals surface area contributed by atoms with Gasteiger partial charge < -0.3 is 5.11 Å². The molecular weight excluding hydrogens is 329 g/mol. The van der Waals surface area contributed by atoms with Crippen molar-refractivity contribution < 1.29 is 9.90 Å². The first-order chi connectivity index (χ1) is 8.04. The molecule has 0 saturated heterocycles. The summed E-state index contributed by atoms with van der Waals surface area (Å²) >= 11 is 2.25. The van der Waals surface area contributed by atoms with Crippen LogP contribution in [0, 0.1) is 3.57 Å². The fraction of sp³-hybridized carbons (Fsp3) is 0.462. The Balaban J connectivity index is 2.70. The number of aliphatic carboxylic acids is 1. The molecule has 17 heavy (non-hydrogen) atoms. The Morgan fingerprint density at radius 1 is 1.29 bits per heavy atom. The maximum atomic E-state index is 11.3. The fourth-order valence-electron chi connectivity index (χ4n) is 1.75. The second kappa shape index (κ2) is 6.35.